The van der Waals surface area contributed by atoms with Gasteiger partial charge in [0.25, 0.3) is 0 Å². The first-order chi connectivity index (χ1) is 9.06. The maximum absolute atomic E-state index is 14.2. The molecule has 0 aliphatic rings. The number of halogens is 2. The van der Waals surface area contributed by atoms with Crippen LogP contribution < -0.4 is 4.74 Å². The van der Waals surface area contributed by atoms with Gasteiger partial charge in [0.05, 0.1) is 18.2 Å². The van der Waals surface area contributed by atoms with E-state index in [0.29, 0.717) is 0 Å². The monoisotopic (exact) mass is 263 g/mol. The normalized spacial score (nSPS) is 10.3. The van der Waals surface area contributed by atoms with E-state index in [2.05, 4.69) is 11.6 Å². The first kappa shape index (κ1) is 13.0. The molecule has 3 nitrogen and oxygen atoms in total. The Morgan fingerprint density at radius 2 is 2.05 bits per heavy atom. The largest absolute Gasteiger partial charge is 0.508 e. The Labute approximate surface area is 108 Å². The summed E-state index contributed by atoms with van der Waals surface area (Å²) in [6.45, 7) is 3.25. The van der Waals surface area contributed by atoms with Crippen molar-refractivity contribution in [2.75, 3.05) is 7.11 Å². The molecule has 2 aromatic rings. The zero-order valence-corrected chi connectivity index (χ0v) is 10.2. The number of aromatic nitrogens is 1. The first-order valence-electron chi connectivity index (χ1n) is 5.42. The van der Waals surface area contributed by atoms with Crippen molar-refractivity contribution in [2.45, 2.75) is 0 Å². The molecule has 0 aliphatic carbocycles. The van der Waals surface area contributed by atoms with Crippen LogP contribution in [-0.4, -0.2) is 17.2 Å². The average Bonchev–Trinajstić information content (AvgIpc) is 2.39. The summed E-state index contributed by atoms with van der Waals surface area (Å²) in [6.07, 6.45) is 1.26. The zero-order chi connectivity index (χ0) is 14.0. The Kier molecular flexibility index (Phi) is 3.46. The van der Waals surface area contributed by atoms with Crippen LogP contribution in [0.4, 0.5) is 8.78 Å². The van der Waals surface area contributed by atoms with Gasteiger partial charge in [-0.25, -0.2) is 8.78 Å². The van der Waals surface area contributed by atoms with Gasteiger partial charge >= 0.3 is 0 Å². The van der Waals surface area contributed by atoms with Crippen LogP contribution >= 0.6 is 0 Å². The lowest BCUT2D eigenvalue weighted by Crippen LogP contribution is -1.99. The van der Waals surface area contributed by atoms with Gasteiger partial charge in [0.15, 0.2) is 5.82 Å². The minimum absolute atomic E-state index is 0.0920. The molecule has 0 aliphatic heterocycles. The van der Waals surface area contributed by atoms with Crippen molar-refractivity contribution in [1.29, 1.82) is 0 Å². The summed E-state index contributed by atoms with van der Waals surface area (Å²) in [4.78, 5) is 3.81. The maximum Gasteiger partial charge on any atom is 0.160 e. The summed E-state index contributed by atoms with van der Waals surface area (Å²) < 4.78 is 33.1. The molecule has 5 heteroatoms. The molecule has 1 N–H and O–H groups in total. The third kappa shape index (κ3) is 2.27. The Balaban J connectivity index is 2.73. The fraction of sp³-hybridized carbons (Fsp3) is 0.0714. The molecule has 0 atom stereocenters. The van der Waals surface area contributed by atoms with Gasteiger partial charge in [0, 0.05) is 6.20 Å². The van der Waals surface area contributed by atoms with Crippen LogP contribution in [-0.2, 0) is 0 Å². The number of hydrogen-bond donors (Lipinski definition) is 1. The highest BCUT2D eigenvalue weighted by atomic mass is 19.1. The van der Waals surface area contributed by atoms with Gasteiger partial charge in [-0.3, -0.25) is 4.98 Å². The highest BCUT2D eigenvalue weighted by molar-refractivity contribution is 5.72. The van der Waals surface area contributed by atoms with Crippen molar-refractivity contribution in [3.63, 3.8) is 0 Å². The van der Waals surface area contributed by atoms with Crippen LogP contribution in [0.3, 0.4) is 0 Å². The summed E-state index contributed by atoms with van der Waals surface area (Å²) in [7, 11) is 1.35. The van der Waals surface area contributed by atoms with E-state index in [-0.39, 0.29) is 22.6 Å². The molecule has 0 saturated carbocycles. The van der Waals surface area contributed by atoms with E-state index in [1.807, 2.05) is 0 Å². The number of benzene rings is 1. The summed E-state index contributed by atoms with van der Waals surface area (Å²) in [5.74, 6) is -1.80. The standard InChI is InChI=1S/C14H11F2NO2/c1-8(18)9-6-7-17-14(13(9)16)12-10(15)4-3-5-11(12)19-2/h3-7,18H,1H2,2H3. The molecule has 0 bridgehead atoms. The van der Waals surface area contributed by atoms with Gasteiger partial charge in [0.2, 0.25) is 0 Å². The van der Waals surface area contributed by atoms with E-state index in [1.54, 1.807) is 0 Å². The van der Waals surface area contributed by atoms with Gasteiger partial charge < -0.3 is 9.84 Å². The number of hydrogen-bond acceptors (Lipinski definition) is 3. The van der Waals surface area contributed by atoms with E-state index >= 15 is 0 Å². The second kappa shape index (κ2) is 5.06. The molecule has 19 heavy (non-hydrogen) atoms. The molecule has 0 fully saturated rings. The minimum Gasteiger partial charge on any atom is -0.508 e. The van der Waals surface area contributed by atoms with Crippen molar-refractivity contribution in [3.05, 3.63) is 54.2 Å². The Hall–Kier alpha value is -2.43. The van der Waals surface area contributed by atoms with Gasteiger partial charge in [-0.1, -0.05) is 12.6 Å². The lowest BCUT2D eigenvalue weighted by Gasteiger charge is -2.11. The predicted molar refractivity (Wildman–Crippen MR) is 67.8 cm³/mol. The number of aliphatic hydroxyl groups is 1. The molecule has 1 aromatic heterocycles. The average molecular weight is 263 g/mol. The molecule has 0 spiro atoms. The number of ether oxygens (including phenoxy) is 1. The van der Waals surface area contributed by atoms with E-state index < -0.39 is 17.4 Å². The third-order valence-corrected chi connectivity index (χ3v) is 2.63. The summed E-state index contributed by atoms with van der Waals surface area (Å²) >= 11 is 0. The van der Waals surface area contributed by atoms with E-state index in [1.165, 1.54) is 37.6 Å². The summed E-state index contributed by atoms with van der Waals surface area (Å²) in [5, 5.41) is 9.28. The molecule has 1 aromatic carbocycles. The lowest BCUT2D eigenvalue weighted by molar-refractivity contribution is 0.412. The van der Waals surface area contributed by atoms with Crippen LogP contribution in [0.25, 0.3) is 17.0 Å². The first-order valence-corrected chi connectivity index (χ1v) is 5.42. The van der Waals surface area contributed by atoms with Crippen molar-refractivity contribution in [1.82, 2.24) is 4.98 Å². The van der Waals surface area contributed by atoms with Crippen LogP contribution in [0, 0.1) is 11.6 Å². The second-order valence-corrected chi connectivity index (χ2v) is 3.78. The third-order valence-electron chi connectivity index (χ3n) is 2.63. The van der Waals surface area contributed by atoms with Crippen molar-refractivity contribution in [3.8, 4) is 17.0 Å². The van der Waals surface area contributed by atoms with E-state index in [4.69, 9.17) is 4.74 Å². The number of aliphatic hydroxyl groups excluding tert-OH is 1. The quantitative estimate of drug-likeness (QED) is 0.861. The van der Waals surface area contributed by atoms with Crippen molar-refractivity contribution < 1.29 is 18.6 Å². The molecule has 98 valence electrons. The Bertz CT molecular complexity index is 641. The Morgan fingerprint density at radius 1 is 1.32 bits per heavy atom. The van der Waals surface area contributed by atoms with Crippen LogP contribution in [0.2, 0.25) is 0 Å². The topological polar surface area (TPSA) is 42.4 Å². The summed E-state index contributed by atoms with van der Waals surface area (Å²) in [6, 6.07) is 5.39. The maximum atomic E-state index is 14.2. The molecular weight excluding hydrogens is 252 g/mol. The smallest absolute Gasteiger partial charge is 0.160 e. The minimum atomic E-state index is -0.849. The summed E-state index contributed by atoms with van der Waals surface area (Å²) in [5.41, 5.74) is -0.455. The van der Waals surface area contributed by atoms with Gasteiger partial charge in [-0.05, 0) is 18.2 Å². The van der Waals surface area contributed by atoms with Crippen molar-refractivity contribution in [2.24, 2.45) is 0 Å². The number of methoxy groups -OCH3 is 1. The molecule has 2 rings (SSSR count). The van der Waals surface area contributed by atoms with Crippen LogP contribution in [0.15, 0.2) is 37.0 Å². The van der Waals surface area contributed by atoms with Gasteiger partial charge in [0.1, 0.15) is 23.0 Å². The van der Waals surface area contributed by atoms with Gasteiger partial charge in [-0.15, -0.1) is 0 Å². The van der Waals surface area contributed by atoms with Crippen LogP contribution in [0.1, 0.15) is 5.56 Å². The van der Waals surface area contributed by atoms with Crippen molar-refractivity contribution >= 4 is 5.76 Å². The highest BCUT2D eigenvalue weighted by Crippen LogP contribution is 2.34. The number of nitrogens with zero attached hydrogens (tertiary/aromatic N) is 1. The van der Waals surface area contributed by atoms with E-state index in [0.717, 1.165) is 0 Å². The zero-order valence-electron chi connectivity index (χ0n) is 10.2. The molecule has 0 saturated heterocycles. The van der Waals surface area contributed by atoms with E-state index in [9.17, 15) is 13.9 Å². The highest BCUT2D eigenvalue weighted by Gasteiger charge is 2.19. The number of rotatable bonds is 3. The van der Waals surface area contributed by atoms with Crippen LogP contribution in [0.5, 0.6) is 5.75 Å². The number of pyridine rings is 1. The molecule has 0 amide bonds. The Morgan fingerprint density at radius 3 is 2.68 bits per heavy atom. The molecule has 0 unspecified atom stereocenters. The second-order valence-electron chi connectivity index (χ2n) is 3.78. The SMILES string of the molecule is C=C(O)c1ccnc(-c2c(F)cccc2OC)c1F. The fourth-order valence-electron chi connectivity index (χ4n) is 1.75. The predicted octanol–water partition coefficient (Wildman–Crippen LogP) is 3.56. The molecule has 0 radical (unpaired) electrons. The molecule has 1 heterocycles. The van der Waals surface area contributed by atoms with Gasteiger partial charge in [-0.2, -0.15) is 0 Å². The fourth-order valence-corrected chi connectivity index (χ4v) is 1.75. The molecular formula is C14H11F2NO2. The lowest BCUT2D eigenvalue weighted by atomic mass is 10.1.